The quantitative estimate of drug-likeness (QED) is 0.588. The van der Waals surface area contributed by atoms with E-state index in [1.165, 1.54) is 0 Å². The molecule has 0 atom stereocenters. The summed E-state index contributed by atoms with van der Waals surface area (Å²) in [7, 11) is 1.94. The molecule has 1 aromatic carbocycles. The van der Waals surface area contributed by atoms with Gasteiger partial charge in [0.1, 0.15) is 0 Å². The van der Waals surface area contributed by atoms with Gasteiger partial charge < -0.3 is 5.32 Å². The zero-order chi connectivity index (χ0) is 11.1. The van der Waals surface area contributed by atoms with E-state index in [1.54, 1.807) is 6.92 Å². The molecule has 1 rings (SSSR count). The molecule has 0 radical (unpaired) electrons. The molecule has 0 unspecified atom stereocenters. The number of carbonyl (C=O) groups is 1. The zero-order valence-corrected chi connectivity index (χ0v) is 9.29. The van der Waals surface area contributed by atoms with Crippen LogP contribution in [0.4, 0.5) is 0 Å². The number of benzene rings is 1. The van der Waals surface area contributed by atoms with Gasteiger partial charge in [0.2, 0.25) is 0 Å². The SMILES string of the molecule is CNCCC=Cc1ccc(C(C)=O)cc1. The van der Waals surface area contributed by atoms with Gasteiger partial charge in [-0.25, -0.2) is 0 Å². The summed E-state index contributed by atoms with van der Waals surface area (Å²) in [6.07, 6.45) is 5.21. The van der Waals surface area contributed by atoms with E-state index >= 15 is 0 Å². The second kappa shape index (κ2) is 6.14. The van der Waals surface area contributed by atoms with Gasteiger partial charge >= 0.3 is 0 Å². The first-order valence-electron chi connectivity index (χ1n) is 5.16. The van der Waals surface area contributed by atoms with E-state index < -0.39 is 0 Å². The Morgan fingerprint density at radius 2 is 2.00 bits per heavy atom. The molecule has 15 heavy (non-hydrogen) atoms. The van der Waals surface area contributed by atoms with Crippen molar-refractivity contribution in [3.05, 3.63) is 41.5 Å². The molecule has 2 nitrogen and oxygen atoms in total. The Kier molecular flexibility index (Phi) is 4.78. The molecule has 0 fully saturated rings. The summed E-state index contributed by atoms with van der Waals surface area (Å²) in [5.41, 5.74) is 1.90. The fraction of sp³-hybridized carbons (Fsp3) is 0.308. The summed E-state index contributed by atoms with van der Waals surface area (Å²) >= 11 is 0. The van der Waals surface area contributed by atoms with Crippen LogP contribution in [0.25, 0.3) is 6.08 Å². The van der Waals surface area contributed by atoms with Crippen LogP contribution in [0.5, 0.6) is 0 Å². The maximum atomic E-state index is 11.0. The Labute approximate surface area is 91.0 Å². The molecule has 80 valence electrons. The lowest BCUT2D eigenvalue weighted by Gasteiger charge is -1.97. The lowest BCUT2D eigenvalue weighted by Crippen LogP contribution is -2.05. The van der Waals surface area contributed by atoms with Gasteiger partial charge in [0.25, 0.3) is 0 Å². The first-order valence-corrected chi connectivity index (χ1v) is 5.16. The van der Waals surface area contributed by atoms with Gasteiger partial charge in [-0.3, -0.25) is 4.79 Å². The average molecular weight is 203 g/mol. The van der Waals surface area contributed by atoms with Gasteiger partial charge in [-0.2, -0.15) is 0 Å². The smallest absolute Gasteiger partial charge is 0.159 e. The topological polar surface area (TPSA) is 29.1 Å². The fourth-order valence-electron chi connectivity index (χ4n) is 1.28. The number of ketones is 1. The number of rotatable bonds is 5. The third-order valence-corrected chi connectivity index (χ3v) is 2.19. The van der Waals surface area contributed by atoms with Crippen LogP contribution in [0.3, 0.4) is 0 Å². The standard InChI is InChI=1S/C13H17NO/c1-11(15)13-8-6-12(7-9-13)5-3-4-10-14-2/h3,5-9,14H,4,10H2,1-2H3. The van der Waals surface area contributed by atoms with Crippen molar-refractivity contribution in [3.8, 4) is 0 Å². The second-order valence-corrected chi connectivity index (χ2v) is 3.47. The molecule has 0 aliphatic rings. The largest absolute Gasteiger partial charge is 0.319 e. The molecule has 0 aliphatic heterocycles. The summed E-state index contributed by atoms with van der Waals surface area (Å²) in [6, 6.07) is 7.65. The molecule has 0 aliphatic carbocycles. The van der Waals surface area contributed by atoms with Crippen molar-refractivity contribution in [2.45, 2.75) is 13.3 Å². The first-order chi connectivity index (χ1) is 7.24. The van der Waals surface area contributed by atoms with E-state index in [0.29, 0.717) is 0 Å². The molecule has 0 spiro atoms. The fourth-order valence-corrected chi connectivity index (χ4v) is 1.28. The maximum absolute atomic E-state index is 11.0. The normalized spacial score (nSPS) is 10.8. The summed E-state index contributed by atoms with van der Waals surface area (Å²) in [4.78, 5) is 11.0. The van der Waals surface area contributed by atoms with Gasteiger partial charge in [0, 0.05) is 5.56 Å². The van der Waals surface area contributed by atoms with E-state index in [0.717, 1.165) is 24.1 Å². The van der Waals surface area contributed by atoms with Crippen molar-refractivity contribution >= 4 is 11.9 Å². The highest BCUT2D eigenvalue weighted by atomic mass is 16.1. The van der Waals surface area contributed by atoms with Crippen LogP contribution >= 0.6 is 0 Å². The summed E-state index contributed by atoms with van der Waals surface area (Å²) in [5, 5.41) is 3.08. The molecule has 0 bridgehead atoms. The molecular formula is C13H17NO. The Bertz CT molecular complexity index is 338. The third-order valence-electron chi connectivity index (χ3n) is 2.19. The van der Waals surface area contributed by atoms with E-state index in [1.807, 2.05) is 31.3 Å². The van der Waals surface area contributed by atoms with Crippen LogP contribution in [0, 0.1) is 0 Å². The molecule has 2 heteroatoms. The first kappa shape index (κ1) is 11.7. The molecule has 0 heterocycles. The Hall–Kier alpha value is -1.41. The third kappa shape index (κ3) is 4.09. The number of Topliss-reactive ketones (excluding diaryl/α,β-unsaturated/α-hetero) is 1. The number of hydrogen-bond donors (Lipinski definition) is 1. The predicted molar refractivity (Wildman–Crippen MR) is 64.0 cm³/mol. The van der Waals surface area contributed by atoms with E-state index in [-0.39, 0.29) is 5.78 Å². The summed E-state index contributed by atoms with van der Waals surface area (Å²) in [5.74, 6) is 0.112. The molecule has 1 aromatic rings. The minimum atomic E-state index is 0.112. The van der Waals surface area contributed by atoms with Crippen LogP contribution in [0.2, 0.25) is 0 Å². The second-order valence-electron chi connectivity index (χ2n) is 3.47. The molecule has 1 N–H and O–H groups in total. The lowest BCUT2D eigenvalue weighted by atomic mass is 10.1. The van der Waals surface area contributed by atoms with Gasteiger partial charge in [-0.05, 0) is 32.5 Å². The molecule has 0 amide bonds. The maximum Gasteiger partial charge on any atom is 0.159 e. The van der Waals surface area contributed by atoms with Gasteiger partial charge in [-0.1, -0.05) is 36.4 Å². The van der Waals surface area contributed by atoms with Crippen LogP contribution in [-0.2, 0) is 0 Å². The monoisotopic (exact) mass is 203 g/mol. The highest BCUT2D eigenvalue weighted by Gasteiger charge is 1.96. The van der Waals surface area contributed by atoms with Gasteiger partial charge in [-0.15, -0.1) is 0 Å². The zero-order valence-electron chi connectivity index (χ0n) is 9.29. The lowest BCUT2D eigenvalue weighted by molar-refractivity contribution is 0.101. The predicted octanol–water partition coefficient (Wildman–Crippen LogP) is 2.51. The van der Waals surface area contributed by atoms with Crippen molar-refractivity contribution in [3.63, 3.8) is 0 Å². The summed E-state index contributed by atoms with van der Waals surface area (Å²) < 4.78 is 0. The minimum absolute atomic E-state index is 0.112. The van der Waals surface area contributed by atoms with E-state index in [2.05, 4.69) is 17.5 Å². The minimum Gasteiger partial charge on any atom is -0.319 e. The van der Waals surface area contributed by atoms with Crippen molar-refractivity contribution in [1.82, 2.24) is 5.32 Å². The highest BCUT2D eigenvalue weighted by Crippen LogP contribution is 2.07. The molecule has 0 saturated carbocycles. The van der Waals surface area contributed by atoms with Crippen LogP contribution in [-0.4, -0.2) is 19.4 Å². The van der Waals surface area contributed by atoms with Crippen molar-refractivity contribution in [1.29, 1.82) is 0 Å². The van der Waals surface area contributed by atoms with Crippen molar-refractivity contribution < 1.29 is 4.79 Å². The number of nitrogens with one attached hydrogen (secondary N) is 1. The highest BCUT2D eigenvalue weighted by molar-refractivity contribution is 5.94. The van der Waals surface area contributed by atoms with Crippen LogP contribution in [0.1, 0.15) is 29.3 Å². The Morgan fingerprint density at radius 3 is 2.53 bits per heavy atom. The molecule has 0 aromatic heterocycles. The molecular weight excluding hydrogens is 186 g/mol. The van der Waals surface area contributed by atoms with E-state index in [4.69, 9.17) is 0 Å². The van der Waals surface area contributed by atoms with Crippen LogP contribution < -0.4 is 5.32 Å². The number of carbonyl (C=O) groups excluding carboxylic acids is 1. The summed E-state index contributed by atoms with van der Waals surface area (Å²) in [6.45, 7) is 2.57. The molecule has 0 saturated heterocycles. The van der Waals surface area contributed by atoms with Gasteiger partial charge in [0.15, 0.2) is 5.78 Å². The number of hydrogen-bond acceptors (Lipinski definition) is 2. The van der Waals surface area contributed by atoms with Crippen molar-refractivity contribution in [2.24, 2.45) is 0 Å². The average Bonchev–Trinajstić information content (AvgIpc) is 2.25. The Balaban J connectivity index is 2.56. The van der Waals surface area contributed by atoms with Gasteiger partial charge in [0.05, 0.1) is 0 Å². The van der Waals surface area contributed by atoms with Crippen LogP contribution in [0.15, 0.2) is 30.3 Å². The van der Waals surface area contributed by atoms with Crippen molar-refractivity contribution in [2.75, 3.05) is 13.6 Å². The Morgan fingerprint density at radius 1 is 1.33 bits per heavy atom. The van der Waals surface area contributed by atoms with E-state index in [9.17, 15) is 4.79 Å².